The predicted octanol–water partition coefficient (Wildman–Crippen LogP) is 3.24. The van der Waals surface area contributed by atoms with Crippen molar-refractivity contribution in [3.05, 3.63) is 64.7 Å². The molecule has 0 saturated carbocycles. The Morgan fingerprint density at radius 1 is 1.16 bits per heavy atom. The Morgan fingerprint density at radius 2 is 1.92 bits per heavy atom. The second kappa shape index (κ2) is 9.20. The lowest BCUT2D eigenvalue weighted by Gasteiger charge is -2.17. The maximum Gasteiger partial charge on any atom is 0.338 e. The van der Waals surface area contributed by atoms with Crippen molar-refractivity contribution in [2.75, 3.05) is 32.6 Å². The summed E-state index contributed by atoms with van der Waals surface area (Å²) in [4.78, 5) is 25.8. The van der Waals surface area contributed by atoms with E-state index in [0.29, 0.717) is 29.2 Å². The van der Waals surface area contributed by atoms with Crippen molar-refractivity contribution in [1.29, 1.82) is 0 Å². The van der Waals surface area contributed by atoms with Crippen LogP contribution in [0.15, 0.2) is 48.5 Å². The smallest absolute Gasteiger partial charge is 0.338 e. The van der Waals surface area contributed by atoms with Crippen LogP contribution in [0.3, 0.4) is 0 Å². The molecule has 2 aromatic carbocycles. The van der Waals surface area contributed by atoms with Gasteiger partial charge >= 0.3 is 5.97 Å². The standard InChI is InChI=1S/C19H21ClN2O3/c1-22(13-18(23)21-16-8-5-7-15(20)12-16)11-10-14-6-3-4-9-17(14)19(24)25-2/h3-9,12H,10-11,13H2,1-2H3,(H,21,23). The normalized spacial score (nSPS) is 10.6. The van der Waals surface area contributed by atoms with Crippen LogP contribution in [-0.4, -0.2) is 44.0 Å². The molecule has 25 heavy (non-hydrogen) atoms. The first-order valence-corrected chi connectivity index (χ1v) is 8.27. The molecule has 0 fully saturated rings. The first-order chi connectivity index (χ1) is 12.0. The second-order valence-corrected chi connectivity index (χ2v) is 6.13. The average Bonchev–Trinajstić information content (AvgIpc) is 2.59. The largest absolute Gasteiger partial charge is 0.465 e. The van der Waals surface area contributed by atoms with Crippen molar-refractivity contribution in [2.24, 2.45) is 0 Å². The van der Waals surface area contributed by atoms with Crippen LogP contribution in [0.1, 0.15) is 15.9 Å². The number of nitrogens with zero attached hydrogens (tertiary/aromatic N) is 1. The maximum absolute atomic E-state index is 12.1. The van der Waals surface area contributed by atoms with Gasteiger partial charge in [-0.1, -0.05) is 35.9 Å². The minimum Gasteiger partial charge on any atom is -0.465 e. The number of hydrogen-bond acceptors (Lipinski definition) is 4. The number of hydrogen-bond donors (Lipinski definition) is 1. The van der Waals surface area contributed by atoms with Gasteiger partial charge in [0, 0.05) is 17.3 Å². The summed E-state index contributed by atoms with van der Waals surface area (Å²) in [6.07, 6.45) is 0.645. The number of carbonyl (C=O) groups excluding carboxylic acids is 2. The fraction of sp³-hybridized carbons (Fsp3) is 0.263. The molecule has 0 bridgehead atoms. The van der Waals surface area contributed by atoms with E-state index in [2.05, 4.69) is 5.32 Å². The number of methoxy groups -OCH3 is 1. The van der Waals surface area contributed by atoms with Gasteiger partial charge < -0.3 is 10.1 Å². The van der Waals surface area contributed by atoms with E-state index in [1.165, 1.54) is 7.11 Å². The highest BCUT2D eigenvalue weighted by molar-refractivity contribution is 6.30. The van der Waals surface area contributed by atoms with E-state index in [-0.39, 0.29) is 18.4 Å². The van der Waals surface area contributed by atoms with Gasteiger partial charge in [-0.05, 0) is 43.3 Å². The molecular weight excluding hydrogens is 340 g/mol. The molecule has 132 valence electrons. The van der Waals surface area contributed by atoms with E-state index in [1.54, 1.807) is 36.4 Å². The third-order valence-electron chi connectivity index (χ3n) is 3.71. The molecule has 0 aliphatic heterocycles. The Labute approximate surface area is 152 Å². The summed E-state index contributed by atoms with van der Waals surface area (Å²) in [5.74, 6) is -0.469. The molecule has 0 radical (unpaired) electrons. The van der Waals surface area contributed by atoms with Crippen LogP contribution < -0.4 is 5.32 Å². The number of carbonyl (C=O) groups is 2. The van der Waals surface area contributed by atoms with E-state index in [4.69, 9.17) is 16.3 Å². The van der Waals surface area contributed by atoms with Crippen molar-refractivity contribution in [2.45, 2.75) is 6.42 Å². The highest BCUT2D eigenvalue weighted by Crippen LogP contribution is 2.15. The lowest BCUT2D eigenvalue weighted by Crippen LogP contribution is -2.31. The van der Waals surface area contributed by atoms with Crippen LogP contribution in [0, 0.1) is 0 Å². The van der Waals surface area contributed by atoms with Crippen LogP contribution in [0.4, 0.5) is 5.69 Å². The number of likely N-dealkylation sites (N-methyl/N-ethyl adjacent to an activating group) is 1. The Kier molecular flexibility index (Phi) is 6.98. The molecule has 5 nitrogen and oxygen atoms in total. The lowest BCUT2D eigenvalue weighted by molar-refractivity contribution is -0.117. The third kappa shape index (κ3) is 5.89. The van der Waals surface area contributed by atoms with Gasteiger partial charge in [-0.25, -0.2) is 4.79 Å². The molecule has 0 saturated heterocycles. The minimum absolute atomic E-state index is 0.119. The molecule has 0 aliphatic rings. The Hall–Kier alpha value is -2.37. The van der Waals surface area contributed by atoms with Gasteiger partial charge in [0.25, 0.3) is 0 Å². The molecule has 1 N–H and O–H groups in total. The molecule has 0 aliphatic carbocycles. The van der Waals surface area contributed by atoms with E-state index < -0.39 is 0 Å². The average molecular weight is 361 g/mol. The SMILES string of the molecule is COC(=O)c1ccccc1CCN(C)CC(=O)Nc1cccc(Cl)c1. The molecule has 0 spiro atoms. The number of esters is 1. The first-order valence-electron chi connectivity index (χ1n) is 7.90. The predicted molar refractivity (Wildman–Crippen MR) is 99.1 cm³/mol. The summed E-state index contributed by atoms with van der Waals surface area (Å²) in [7, 11) is 3.23. The van der Waals surface area contributed by atoms with Crippen molar-refractivity contribution in [3.8, 4) is 0 Å². The lowest BCUT2D eigenvalue weighted by atomic mass is 10.0. The van der Waals surface area contributed by atoms with E-state index >= 15 is 0 Å². The van der Waals surface area contributed by atoms with E-state index in [1.807, 2.05) is 24.1 Å². The molecule has 6 heteroatoms. The quantitative estimate of drug-likeness (QED) is 0.770. The molecular formula is C19H21ClN2O3. The molecule has 0 aromatic heterocycles. The number of anilines is 1. The zero-order valence-corrected chi connectivity index (χ0v) is 15.0. The van der Waals surface area contributed by atoms with Crippen LogP contribution in [0.5, 0.6) is 0 Å². The van der Waals surface area contributed by atoms with Gasteiger partial charge in [0.05, 0.1) is 19.2 Å². The number of halogens is 1. The molecule has 0 atom stereocenters. The molecule has 0 heterocycles. The number of benzene rings is 2. The summed E-state index contributed by atoms with van der Waals surface area (Å²) in [6.45, 7) is 0.879. The summed E-state index contributed by atoms with van der Waals surface area (Å²) < 4.78 is 4.80. The number of ether oxygens (including phenoxy) is 1. The maximum atomic E-state index is 12.1. The van der Waals surface area contributed by atoms with Gasteiger partial charge in [0.1, 0.15) is 0 Å². The molecule has 2 aromatic rings. The zero-order chi connectivity index (χ0) is 18.2. The van der Waals surface area contributed by atoms with Crippen LogP contribution in [0.2, 0.25) is 5.02 Å². The second-order valence-electron chi connectivity index (χ2n) is 5.70. The summed E-state index contributed by atoms with van der Waals surface area (Å²) >= 11 is 5.90. The van der Waals surface area contributed by atoms with E-state index in [0.717, 1.165) is 5.56 Å². The van der Waals surface area contributed by atoms with Gasteiger partial charge in [-0.2, -0.15) is 0 Å². The van der Waals surface area contributed by atoms with Gasteiger partial charge in [-0.3, -0.25) is 9.69 Å². The topological polar surface area (TPSA) is 58.6 Å². The number of rotatable bonds is 7. The van der Waals surface area contributed by atoms with Gasteiger partial charge in [0.15, 0.2) is 0 Å². The fourth-order valence-electron chi connectivity index (χ4n) is 2.45. The van der Waals surface area contributed by atoms with Crippen LogP contribution in [0.25, 0.3) is 0 Å². The fourth-order valence-corrected chi connectivity index (χ4v) is 2.64. The van der Waals surface area contributed by atoms with Crippen LogP contribution >= 0.6 is 11.6 Å². The van der Waals surface area contributed by atoms with Gasteiger partial charge in [0.2, 0.25) is 5.91 Å². The minimum atomic E-state index is -0.350. The Bertz CT molecular complexity index is 749. The summed E-state index contributed by atoms with van der Waals surface area (Å²) in [5, 5.41) is 3.39. The first kappa shape index (κ1) is 19.0. The number of amides is 1. The van der Waals surface area contributed by atoms with E-state index in [9.17, 15) is 9.59 Å². The number of nitrogens with one attached hydrogen (secondary N) is 1. The molecule has 0 unspecified atom stereocenters. The molecule has 2 rings (SSSR count). The zero-order valence-electron chi connectivity index (χ0n) is 14.3. The van der Waals surface area contributed by atoms with Crippen molar-refractivity contribution in [3.63, 3.8) is 0 Å². The monoisotopic (exact) mass is 360 g/mol. The van der Waals surface area contributed by atoms with Crippen molar-refractivity contribution in [1.82, 2.24) is 4.90 Å². The van der Waals surface area contributed by atoms with Crippen molar-refractivity contribution >= 4 is 29.2 Å². The van der Waals surface area contributed by atoms with Crippen LogP contribution in [-0.2, 0) is 16.0 Å². The van der Waals surface area contributed by atoms with Crippen molar-refractivity contribution < 1.29 is 14.3 Å². The third-order valence-corrected chi connectivity index (χ3v) is 3.94. The molecule has 1 amide bonds. The summed E-state index contributed by atoms with van der Waals surface area (Å²) in [5.41, 5.74) is 2.13. The van der Waals surface area contributed by atoms with Gasteiger partial charge in [-0.15, -0.1) is 0 Å². The highest BCUT2D eigenvalue weighted by Gasteiger charge is 2.12. The highest BCUT2D eigenvalue weighted by atomic mass is 35.5. The Morgan fingerprint density at radius 3 is 2.64 bits per heavy atom. The summed E-state index contributed by atoms with van der Waals surface area (Å²) in [6, 6.07) is 14.3. The Balaban J connectivity index is 1.87.